The zero-order valence-corrected chi connectivity index (χ0v) is 12.3. The summed E-state index contributed by atoms with van der Waals surface area (Å²) < 4.78 is 5.31. The van der Waals surface area contributed by atoms with Crippen LogP contribution in [0.3, 0.4) is 0 Å². The van der Waals surface area contributed by atoms with Gasteiger partial charge in [-0.3, -0.25) is 0 Å². The first-order chi connectivity index (χ1) is 9.47. The molecule has 20 heavy (non-hydrogen) atoms. The number of piperidine rings is 1. The van der Waals surface area contributed by atoms with E-state index < -0.39 is 11.5 Å². The quantitative estimate of drug-likeness (QED) is 0.835. The molecule has 2 saturated heterocycles. The van der Waals surface area contributed by atoms with Crippen LogP contribution in [0.1, 0.15) is 39.0 Å². The Morgan fingerprint density at radius 2 is 1.95 bits per heavy atom. The van der Waals surface area contributed by atoms with Gasteiger partial charge in [0.25, 0.3) is 0 Å². The second kappa shape index (κ2) is 5.99. The number of nitrogens with zero attached hydrogens (tertiary/aromatic N) is 2. The van der Waals surface area contributed by atoms with Crippen molar-refractivity contribution in [3.05, 3.63) is 0 Å². The molecule has 114 valence electrons. The number of likely N-dealkylation sites (tertiary alicyclic amines) is 1. The van der Waals surface area contributed by atoms with E-state index in [1.165, 1.54) is 4.90 Å². The predicted molar refractivity (Wildman–Crippen MR) is 73.6 cm³/mol. The summed E-state index contributed by atoms with van der Waals surface area (Å²) in [5.41, 5.74) is -1.07. The molecule has 0 saturated carbocycles. The first-order valence-corrected chi connectivity index (χ1v) is 7.32. The Bertz CT molecular complexity index is 381. The largest absolute Gasteiger partial charge is 0.480 e. The number of carbonyl (C=O) groups excluding carboxylic acids is 1. The first kappa shape index (κ1) is 15.1. The number of hydrogen-bond donors (Lipinski definition) is 1. The van der Waals surface area contributed by atoms with Crippen LogP contribution in [0.2, 0.25) is 0 Å². The summed E-state index contributed by atoms with van der Waals surface area (Å²) in [4.78, 5) is 27.5. The molecule has 0 aromatic carbocycles. The summed E-state index contributed by atoms with van der Waals surface area (Å²) >= 11 is 0. The monoisotopic (exact) mass is 284 g/mol. The SMILES string of the molecule is CN(C(=O)N1CCCCC1(C)C(=O)O)C1CCOCC1. The topological polar surface area (TPSA) is 70.1 Å². The average molecular weight is 284 g/mol. The van der Waals surface area contributed by atoms with Crippen molar-refractivity contribution < 1.29 is 19.4 Å². The van der Waals surface area contributed by atoms with Crippen molar-refractivity contribution in [2.45, 2.75) is 50.6 Å². The van der Waals surface area contributed by atoms with Crippen molar-refractivity contribution in [3.8, 4) is 0 Å². The second-order valence-electron chi connectivity index (χ2n) is 5.92. The summed E-state index contributed by atoms with van der Waals surface area (Å²) in [6.07, 6.45) is 3.89. The van der Waals surface area contributed by atoms with Gasteiger partial charge in [0.05, 0.1) is 0 Å². The molecule has 0 radical (unpaired) electrons. The van der Waals surface area contributed by atoms with E-state index in [0.29, 0.717) is 26.2 Å². The molecular weight excluding hydrogens is 260 g/mol. The highest BCUT2D eigenvalue weighted by Crippen LogP contribution is 2.30. The number of rotatable bonds is 2. The molecule has 6 nitrogen and oxygen atoms in total. The van der Waals surface area contributed by atoms with Gasteiger partial charge in [-0.05, 0) is 39.0 Å². The molecule has 0 aromatic heterocycles. The third-order valence-corrected chi connectivity index (χ3v) is 4.62. The van der Waals surface area contributed by atoms with Gasteiger partial charge in [0.15, 0.2) is 0 Å². The minimum atomic E-state index is -1.07. The fourth-order valence-electron chi connectivity index (χ4n) is 3.07. The Hall–Kier alpha value is -1.30. The van der Waals surface area contributed by atoms with E-state index in [0.717, 1.165) is 25.7 Å². The Morgan fingerprint density at radius 3 is 2.55 bits per heavy atom. The summed E-state index contributed by atoms with van der Waals surface area (Å²) in [6, 6.07) is -0.0160. The van der Waals surface area contributed by atoms with Crippen molar-refractivity contribution in [2.24, 2.45) is 0 Å². The maximum atomic E-state index is 12.7. The molecule has 2 heterocycles. The van der Waals surface area contributed by atoms with Crippen molar-refractivity contribution in [1.82, 2.24) is 9.80 Å². The summed E-state index contributed by atoms with van der Waals surface area (Å²) in [5.74, 6) is -0.911. The number of amides is 2. The van der Waals surface area contributed by atoms with Crippen LogP contribution in [0.15, 0.2) is 0 Å². The lowest BCUT2D eigenvalue weighted by atomic mass is 9.88. The van der Waals surface area contributed by atoms with Gasteiger partial charge in [-0.2, -0.15) is 0 Å². The van der Waals surface area contributed by atoms with E-state index in [-0.39, 0.29) is 12.1 Å². The van der Waals surface area contributed by atoms with E-state index in [1.54, 1.807) is 18.9 Å². The van der Waals surface area contributed by atoms with Crippen LogP contribution < -0.4 is 0 Å². The van der Waals surface area contributed by atoms with Crippen LogP contribution in [0.4, 0.5) is 4.79 Å². The maximum Gasteiger partial charge on any atom is 0.329 e. The lowest BCUT2D eigenvalue weighted by molar-refractivity contribution is -0.151. The number of hydrogen-bond acceptors (Lipinski definition) is 3. The van der Waals surface area contributed by atoms with E-state index in [9.17, 15) is 14.7 Å². The van der Waals surface area contributed by atoms with Crippen molar-refractivity contribution >= 4 is 12.0 Å². The third-order valence-electron chi connectivity index (χ3n) is 4.62. The molecule has 1 unspecified atom stereocenters. The lowest BCUT2D eigenvalue weighted by Gasteiger charge is -2.44. The molecule has 0 aliphatic carbocycles. The summed E-state index contributed by atoms with van der Waals surface area (Å²) in [7, 11) is 1.77. The van der Waals surface area contributed by atoms with Gasteiger partial charge in [-0.15, -0.1) is 0 Å². The number of carboxylic acid groups (broad SMARTS) is 1. The van der Waals surface area contributed by atoms with E-state index >= 15 is 0 Å². The number of ether oxygens (including phenoxy) is 1. The van der Waals surface area contributed by atoms with Crippen molar-refractivity contribution in [1.29, 1.82) is 0 Å². The molecule has 2 amide bonds. The van der Waals surface area contributed by atoms with Gasteiger partial charge in [0.1, 0.15) is 5.54 Å². The van der Waals surface area contributed by atoms with Crippen LogP contribution in [0, 0.1) is 0 Å². The minimum Gasteiger partial charge on any atom is -0.480 e. The Morgan fingerprint density at radius 1 is 1.30 bits per heavy atom. The molecule has 2 fully saturated rings. The van der Waals surface area contributed by atoms with Crippen LogP contribution in [-0.2, 0) is 9.53 Å². The van der Waals surface area contributed by atoms with Crippen molar-refractivity contribution in [2.75, 3.05) is 26.8 Å². The summed E-state index contributed by atoms with van der Waals surface area (Å²) in [6.45, 7) is 3.51. The van der Waals surface area contributed by atoms with E-state index in [4.69, 9.17) is 4.74 Å². The standard InChI is InChI=1S/C14H24N2O4/c1-14(12(17)18)7-3-4-8-16(14)13(19)15(2)11-5-9-20-10-6-11/h11H,3-10H2,1-2H3,(H,17,18). The fourth-order valence-corrected chi connectivity index (χ4v) is 3.07. The highest BCUT2D eigenvalue weighted by atomic mass is 16.5. The number of carbonyl (C=O) groups is 2. The molecule has 0 spiro atoms. The van der Waals surface area contributed by atoms with Gasteiger partial charge >= 0.3 is 12.0 Å². The minimum absolute atomic E-state index is 0.149. The molecule has 2 rings (SSSR count). The van der Waals surface area contributed by atoms with Gasteiger partial charge < -0.3 is 19.6 Å². The molecule has 1 atom stereocenters. The van der Waals surface area contributed by atoms with Gasteiger partial charge in [0, 0.05) is 32.8 Å². The molecule has 0 aromatic rings. The molecule has 2 aliphatic heterocycles. The first-order valence-electron chi connectivity index (χ1n) is 7.32. The highest BCUT2D eigenvalue weighted by Gasteiger charge is 2.45. The van der Waals surface area contributed by atoms with Crippen molar-refractivity contribution in [3.63, 3.8) is 0 Å². The Balaban J connectivity index is 2.11. The fraction of sp³-hybridized carbons (Fsp3) is 0.857. The molecular formula is C14H24N2O4. The zero-order chi connectivity index (χ0) is 14.8. The average Bonchev–Trinajstić information content (AvgIpc) is 2.47. The van der Waals surface area contributed by atoms with Crippen LogP contribution >= 0.6 is 0 Å². The number of carboxylic acids is 1. The molecule has 6 heteroatoms. The smallest absolute Gasteiger partial charge is 0.329 e. The Labute approximate surface area is 119 Å². The second-order valence-corrected chi connectivity index (χ2v) is 5.92. The summed E-state index contributed by atoms with van der Waals surface area (Å²) in [5, 5.41) is 9.48. The van der Waals surface area contributed by atoms with E-state index in [2.05, 4.69) is 0 Å². The maximum absolute atomic E-state index is 12.7. The third kappa shape index (κ3) is 2.75. The molecule has 2 aliphatic rings. The van der Waals surface area contributed by atoms with Crippen LogP contribution in [0.25, 0.3) is 0 Å². The highest BCUT2D eigenvalue weighted by molar-refractivity contribution is 5.86. The normalized spacial score (nSPS) is 28.2. The van der Waals surface area contributed by atoms with Gasteiger partial charge in [-0.25, -0.2) is 9.59 Å². The number of urea groups is 1. The lowest BCUT2D eigenvalue weighted by Crippen LogP contribution is -2.61. The van der Waals surface area contributed by atoms with Gasteiger partial charge in [0.2, 0.25) is 0 Å². The molecule has 1 N–H and O–H groups in total. The van der Waals surface area contributed by atoms with E-state index in [1.807, 2.05) is 0 Å². The predicted octanol–water partition coefficient (Wildman–Crippen LogP) is 1.55. The Kier molecular flexibility index (Phi) is 4.52. The number of aliphatic carboxylic acids is 1. The van der Waals surface area contributed by atoms with Crippen LogP contribution in [-0.4, -0.2) is 65.3 Å². The molecule has 0 bridgehead atoms. The van der Waals surface area contributed by atoms with Gasteiger partial charge in [-0.1, -0.05) is 0 Å². The van der Waals surface area contributed by atoms with Crippen LogP contribution in [0.5, 0.6) is 0 Å². The zero-order valence-electron chi connectivity index (χ0n) is 12.3.